The highest BCUT2D eigenvalue weighted by Crippen LogP contribution is 2.28. The van der Waals surface area contributed by atoms with Crippen LogP contribution >= 0.6 is 15.9 Å². The minimum atomic E-state index is -3.57. The summed E-state index contributed by atoms with van der Waals surface area (Å²) in [5, 5.41) is 3.39. The van der Waals surface area contributed by atoms with E-state index in [4.69, 9.17) is 6.42 Å². The van der Waals surface area contributed by atoms with E-state index in [0.717, 1.165) is 10.0 Å². The van der Waals surface area contributed by atoms with Gasteiger partial charge in [-0.3, -0.25) is 0 Å². The maximum Gasteiger partial charge on any atom is 0.244 e. The van der Waals surface area contributed by atoms with Gasteiger partial charge < -0.3 is 5.32 Å². The number of nitrogens with zero attached hydrogens (tertiary/aromatic N) is 1. The number of nitrogens with one attached hydrogen (secondary N) is 1. The Morgan fingerprint density at radius 2 is 2.14 bits per heavy atom. The zero-order chi connectivity index (χ0) is 15.6. The number of rotatable bonds is 6. The lowest BCUT2D eigenvalue weighted by Crippen LogP contribution is -2.28. The number of halogens is 1. The van der Waals surface area contributed by atoms with Gasteiger partial charge >= 0.3 is 0 Å². The fraction of sp³-hybridized carbons (Fsp3) is 0.467. The van der Waals surface area contributed by atoms with Crippen molar-refractivity contribution in [1.29, 1.82) is 0 Å². The molecule has 1 N–H and O–H groups in total. The normalized spacial score (nSPS) is 15.2. The molecule has 1 aliphatic carbocycles. The van der Waals surface area contributed by atoms with Crippen LogP contribution in [-0.2, 0) is 16.6 Å². The minimum absolute atomic E-state index is 0.0595. The molecule has 114 valence electrons. The Labute approximate surface area is 135 Å². The Kier molecular flexibility index (Phi) is 5.10. The van der Waals surface area contributed by atoms with Crippen LogP contribution in [0.1, 0.15) is 24.0 Å². The summed E-state index contributed by atoms with van der Waals surface area (Å²) in [5.41, 5.74) is 1.65. The molecule has 0 aromatic heterocycles. The summed E-state index contributed by atoms with van der Waals surface area (Å²) in [7, 11) is -2.07. The minimum Gasteiger partial charge on any atom is -0.310 e. The van der Waals surface area contributed by atoms with E-state index in [1.165, 1.54) is 24.2 Å². The van der Waals surface area contributed by atoms with Gasteiger partial charge in [0.2, 0.25) is 10.0 Å². The first-order valence-corrected chi connectivity index (χ1v) is 9.01. The van der Waals surface area contributed by atoms with E-state index in [0.29, 0.717) is 23.0 Å². The van der Waals surface area contributed by atoms with Gasteiger partial charge in [0.05, 0.1) is 11.4 Å². The smallest absolute Gasteiger partial charge is 0.244 e. The van der Waals surface area contributed by atoms with Crippen molar-refractivity contribution in [2.24, 2.45) is 0 Å². The third-order valence-electron chi connectivity index (χ3n) is 3.53. The van der Waals surface area contributed by atoms with Crippen LogP contribution in [0.4, 0.5) is 0 Å². The monoisotopic (exact) mass is 370 g/mol. The van der Waals surface area contributed by atoms with Crippen molar-refractivity contribution < 1.29 is 8.42 Å². The van der Waals surface area contributed by atoms with Crippen molar-refractivity contribution in [1.82, 2.24) is 9.62 Å². The van der Waals surface area contributed by atoms with Crippen LogP contribution in [0.15, 0.2) is 21.5 Å². The first-order valence-electron chi connectivity index (χ1n) is 6.78. The molecule has 0 spiro atoms. The third kappa shape index (κ3) is 3.86. The van der Waals surface area contributed by atoms with Crippen LogP contribution in [0.3, 0.4) is 0 Å². The summed E-state index contributed by atoms with van der Waals surface area (Å²) >= 11 is 3.45. The molecule has 2 rings (SSSR count). The molecular formula is C15H19BrN2O2S. The van der Waals surface area contributed by atoms with E-state index in [9.17, 15) is 8.42 Å². The van der Waals surface area contributed by atoms with E-state index in [-0.39, 0.29) is 6.54 Å². The Morgan fingerprint density at radius 3 is 2.71 bits per heavy atom. The standard InChI is InChI=1S/C15H19BrN2O2S/c1-4-7-18(3)21(19,20)15-9-12(8-14(16)11(15)2)10-17-13-5-6-13/h1,8-9,13,17H,5-7,10H2,2-3H3. The molecule has 0 aliphatic heterocycles. The molecule has 4 nitrogen and oxygen atoms in total. The van der Waals surface area contributed by atoms with E-state index >= 15 is 0 Å². The van der Waals surface area contributed by atoms with Crippen LogP contribution in [0, 0.1) is 19.3 Å². The Bertz CT molecular complexity index is 676. The molecule has 0 bridgehead atoms. The van der Waals surface area contributed by atoms with Gasteiger partial charge in [0, 0.05) is 24.1 Å². The average molecular weight is 371 g/mol. The summed E-state index contributed by atoms with van der Waals surface area (Å²) in [6, 6.07) is 4.28. The molecular weight excluding hydrogens is 352 g/mol. The molecule has 1 aromatic carbocycles. The Morgan fingerprint density at radius 1 is 1.48 bits per heavy atom. The number of terminal acetylenes is 1. The summed E-state index contributed by atoms with van der Waals surface area (Å²) in [6.07, 6.45) is 7.61. The fourth-order valence-electron chi connectivity index (χ4n) is 2.01. The third-order valence-corrected chi connectivity index (χ3v) is 6.28. The van der Waals surface area contributed by atoms with Crippen LogP contribution in [-0.4, -0.2) is 32.4 Å². The van der Waals surface area contributed by atoms with Crippen molar-refractivity contribution in [3.05, 3.63) is 27.7 Å². The molecule has 6 heteroatoms. The van der Waals surface area contributed by atoms with Crippen LogP contribution < -0.4 is 5.32 Å². The lowest BCUT2D eigenvalue weighted by atomic mass is 10.1. The van der Waals surface area contributed by atoms with Crippen molar-refractivity contribution >= 4 is 26.0 Å². The second-order valence-electron chi connectivity index (χ2n) is 5.32. The van der Waals surface area contributed by atoms with Gasteiger partial charge in [-0.2, -0.15) is 4.31 Å². The van der Waals surface area contributed by atoms with Gasteiger partial charge in [-0.15, -0.1) is 6.42 Å². The predicted octanol–water partition coefficient (Wildman–Crippen LogP) is 2.26. The van der Waals surface area contributed by atoms with E-state index < -0.39 is 10.0 Å². The quantitative estimate of drug-likeness (QED) is 0.781. The molecule has 1 fully saturated rings. The SMILES string of the molecule is C#CCN(C)S(=O)(=O)c1cc(CNC2CC2)cc(Br)c1C. The molecule has 0 amide bonds. The highest BCUT2D eigenvalue weighted by Gasteiger charge is 2.25. The summed E-state index contributed by atoms with van der Waals surface area (Å²) in [4.78, 5) is 0.308. The molecule has 1 saturated carbocycles. The highest BCUT2D eigenvalue weighted by molar-refractivity contribution is 9.10. The fourth-order valence-corrected chi connectivity index (χ4v) is 4.02. The summed E-state index contributed by atoms with van der Waals surface area (Å²) < 4.78 is 27.2. The van der Waals surface area contributed by atoms with Crippen molar-refractivity contribution in [3.63, 3.8) is 0 Å². The molecule has 1 aromatic rings. The molecule has 0 saturated heterocycles. The van der Waals surface area contributed by atoms with Gasteiger partial charge in [0.1, 0.15) is 0 Å². The van der Waals surface area contributed by atoms with Gasteiger partial charge in [0.15, 0.2) is 0 Å². The van der Waals surface area contributed by atoms with Crippen LogP contribution in [0.2, 0.25) is 0 Å². The summed E-state index contributed by atoms with van der Waals surface area (Å²) in [6.45, 7) is 2.52. The average Bonchev–Trinajstić information content (AvgIpc) is 3.24. The number of benzene rings is 1. The van der Waals surface area contributed by atoms with Crippen molar-refractivity contribution in [2.45, 2.75) is 37.2 Å². The maximum atomic E-state index is 12.6. The maximum absolute atomic E-state index is 12.6. The molecule has 0 radical (unpaired) electrons. The lowest BCUT2D eigenvalue weighted by molar-refractivity contribution is 0.502. The first kappa shape index (κ1) is 16.5. The molecule has 0 heterocycles. The van der Waals surface area contributed by atoms with Crippen molar-refractivity contribution in [2.75, 3.05) is 13.6 Å². The largest absolute Gasteiger partial charge is 0.310 e. The van der Waals surface area contributed by atoms with Gasteiger partial charge in [0.25, 0.3) is 0 Å². The molecule has 0 unspecified atom stereocenters. The number of sulfonamides is 1. The van der Waals surface area contributed by atoms with Gasteiger partial charge in [-0.25, -0.2) is 8.42 Å². The topological polar surface area (TPSA) is 49.4 Å². The molecule has 0 atom stereocenters. The first-order chi connectivity index (χ1) is 9.86. The number of hydrogen-bond donors (Lipinski definition) is 1. The van der Waals surface area contributed by atoms with Crippen molar-refractivity contribution in [3.8, 4) is 12.3 Å². The second-order valence-corrected chi connectivity index (χ2v) is 8.19. The molecule has 1 aliphatic rings. The summed E-state index contributed by atoms with van der Waals surface area (Å²) in [5.74, 6) is 2.36. The van der Waals surface area contributed by atoms with E-state index in [1.54, 1.807) is 13.0 Å². The second kappa shape index (κ2) is 6.49. The zero-order valence-corrected chi connectivity index (χ0v) is 14.6. The highest BCUT2D eigenvalue weighted by atomic mass is 79.9. The van der Waals surface area contributed by atoms with Gasteiger partial charge in [-0.05, 0) is 43.0 Å². The Hall–Kier alpha value is -0.870. The van der Waals surface area contributed by atoms with Gasteiger partial charge in [-0.1, -0.05) is 21.9 Å². The number of hydrogen-bond acceptors (Lipinski definition) is 3. The lowest BCUT2D eigenvalue weighted by Gasteiger charge is -2.18. The van der Waals surface area contributed by atoms with E-state index in [1.807, 2.05) is 6.07 Å². The molecule has 21 heavy (non-hydrogen) atoms. The van der Waals surface area contributed by atoms with Crippen LogP contribution in [0.5, 0.6) is 0 Å². The predicted molar refractivity (Wildman–Crippen MR) is 87.4 cm³/mol. The van der Waals surface area contributed by atoms with Crippen LogP contribution in [0.25, 0.3) is 0 Å². The van der Waals surface area contributed by atoms with E-state index in [2.05, 4.69) is 27.2 Å². The zero-order valence-electron chi connectivity index (χ0n) is 12.2. The Balaban J connectivity index is 2.34.